The molecule has 1 aromatic rings. The van der Waals surface area contributed by atoms with Crippen LogP contribution in [0.3, 0.4) is 0 Å². The Hall–Kier alpha value is -1.42. The standard InChI is InChI=1S/C16H21NO2S/c1-3-5-12-7-11(8-13(6-4-2)15(12)18)9-14-16(19)17-10-20-14/h7-9,18H,3-6,10H2,1-2H3,(H,17,19). The van der Waals surface area contributed by atoms with E-state index in [1.165, 1.54) is 11.8 Å². The van der Waals surface area contributed by atoms with Gasteiger partial charge >= 0.3 is 0 Å². The van der Waals surface area contributed by atoms with Crippen LogP contribution >= 0.6 is 11.8 Å². The molecule has 1 heterocycles. The van der Waals surface area contributed by atoms with Crippen LogP contribution in [-0.4, -0.2) is 16.9 Å². The molecular formula is C16H21NO2S. The Morgan fingerprint density at radius 1 is 1.25 bits per heavy atom. The number of nitrogens with one attached hydrogen (secondary N) is 1. The number of thioether (sulfide) groups is 1. The minimum absolute atomic E-state index is 0.00263. The van der Waals surface area contributed by atoms with Gasteiger partial charge in [-0.15, -0.1) is 0 Å². The first-order valence-electron chi connectivity index (χ1n) is 7.13. The predicted molar refractivity (Wildman–Crippen MR) is 84.7 cm³/mol. The fraction of sp³-hybridized carbons (Fsp3) is 0.438. The fourth-order valence-electron chi connectivity index (χ4n) is 2.38. The minimum atomic E-state index is -0.00263. The summed E-state index contributed by atoms with van der Waals surface area (Å²) in [6.07, 6.45) is 5.63. The molecule has 2 rings (SSSR count). The number of aromatic hydroxyl groups is 1. The van der Waals surface area contributed by atoms with Crippen LogP contribution in [0, 0.1) is 0 Å². The SMILES string of the molecule is CCCc1cc(C=C2SCNC2=O)cc(CCC)c1O. The molecular weight excluding hydrogens is 270 g/mol. The van der Waals surface area contributed by atoms with E-state index in [4.69, 9.17) is 0 Å². The second-order valence-electron chi connectivity index (χ2n) is 4.99. The Morgan fingerprint density at radius 3 is 2.30 bits per heavy atom. The molecule has 0 unspecified atom stereocenters. The van der Waals surface area contributed by atoms with Crippen molar-refractivity contribution in [3.05, 3.63) is 33.7 Å². The van der Waals surface area contributed by atoms with E-state index in [1.807, 2.05) is 18.2 Å². The van der Waals surface area contributed by atoms with Gasteiger partial charge in [-0.2, -0.15) is 0 Å². The number of hydrogen-bond donors (Lipinski definition) is 2. The van der Waals surface area contributed by atoms with Gasteiger partial charge in [0.25, 0.3) is 5.91 Å². The molecule has 1 aliphatic rings. The highest BCUT2D eigenvalue weighted by Crippen LogP contribution is 2.30. The van der Waals surface area contributed by atoms with E-state index in [-0.39, 0.29) is 5.91 Å². The summed E-state index contributed by atoms with van der Waals surface area (Å²) in [6, 6.07) is 3.99. The first-order valence-corrected chi connectivity index (χ1v) is 8.11. The molecule has 0 atom stereocenters. The van der Waals surface area contributed by atoms with E-state index in [0.29, 0.717) is 11.6 Å². The zero-order valence-corrected chi connectivity index (χ0v) is 12.8. The number of benzene rings is 1. The minimum Gasteiger partial charge on any atom is -0.507 e. The summed E-state index contributed by atoms with van der Waals surface area (Å²) in [7, 11) is 0. The van der Waals surface area contributed by atoms with Gasteiger partial charge in [-0.05, 0) is 47.7 Å². The van der Waals surface area contributed by atoms with Crippen LogP contribution in [0.4, 0.5) is 0 Å². The molecule has 1 saturated heterocycles. The number of phenolic OH excluding ortho intramolecular Hbond substituents is 1. The number of carbonyl (C=O) groups is 1. The Bertz CT molecular complexity index is 510. The largest absolute Gasteiger partial charge is 0.507 e. The van der Waals surface area contributed by atoms with Crippen LogP contribution in [0.2, 0.25) is 0 Å². The molecule has 0 saturated carbocycles. The van der Waals surface area contributed by atoms with Gasteiger partial charge in [0.1, 0.15) is 5.75 Å². The number of carbonyl (C=O) groups excluding carboxylic acids is 1. The Morgan fingerprint density at radius 2 is 1.85 bits per heavy atom. The third-order valence-corrected chi connectivity index (χ3v) is 4.21. The lowest BCUT2D eigenvalue weighted by molar-refractivity contribution is -0.116. The van der Waals surface area contributed by atoms with Gasteiger partial charge in [0, 0.05) is 0 Å². The predicted octanol–water partition coefficient (Wildman–Crippen LogP) is 3.46. The average molecular weight is 291 g/mol. The molecule has 3 nitrogen and oxygen atoms in total. The second-order valence-corrected chi connectivity index (χ2v) is 6.01. The molecule has 0 spiro atoms. The van der Waals surface area contributed by atoms with Crippen LogP contribution in [0.15, 0.2) is 17.0 Å². The van der Waals surface area contributed by atoms with E-state index in [0.717, 1.165) is 47.3 Å². The van der Waals surface area contributed by atoms with Crippen molar-refractivity contribution in [2.45, 2.75) is 39.5 Å². The Kier molecular flexibility index (Phi) is 5.12. The molecule has 1 amide bonds. The fourth-order valence-corrected chi connectivity index (χ4v) is 3.16. The summed E-state index contributed by atoms with van der Waals surface area (Å²) >= 11 is 1.53. The van der Waals surface area contributed by atoms with Crippen molar-refractivity contribution in [2.24, 2.45) is 0 Å². The monoisotopic (exact) mass is 291 g/mol. The van der Waals surface area contributed by atoms with E-state index in [1.54, 1.807) is 0 Å². The first kappa shape index (κ1) is 15.0. The maximum atomic E-state index is 11.6. The Balaban J connectivity index is 2.39. The van der Waals surface area contributed by atoms with Crippen LogP contribution in [0.25, 0.3) is 6.08 Å². The van der Waals surface area contributed by atoms with Gasteiger partial charge in [0.05, 0.1) is 10.8 Å². The number of hydrogen-bond acceptors (Lipinski definition) is 3. The van der Waals surface area contributed by atoms with Crippen molar-refractivity contribution in [3.8, 4) is 5.75 Å². The molecule has 108 valence electrons. The highest BCUT2D eigenvalue weighted by atomic mass is 32.2. The van der Waals surface area contributed by atoms with E-state index in [9.17, 15) is 9.90 Å². The van der Waals surface area contributed by atoms with Crippen LogP contribution < -0.4 is 5.32 Å². The number of aryl methyl sites for hydroxylation is 2. The molecule has 1 aromatic carbocycles. The molecule has 20 heavy (non-hydrogen) atoms. The summed E-state index contributed by atoms with van der Waals surface area (Å²) in [5.41, 5.74) is 2.97. The van der Waals surface area contributed by atoms with Crippen molar-refractivity contribution in [1.29, 1.82) is 0 Å². The maximum Gasteiger partial charge on any atom is 0.258 e. The summed E-state index contributed by atoms with van der Waals surface area (Å²) in [5.74, 6) is 1.07. The van der Waals surface area contributed by atoms with E-state index < -0.39 is 0 Å². The van der Waals surface area contributed by atoms with Gasteiger partial charge in [-0.25, -0.2) is 0 Å². The van der Waals surface area contributed by atoms with Gasteiger partial charge in [-0.1, -0.05) is 38.5 Å². The smallest absolute Gasteiger partial charge is 0.258 e. The number of amides is 1. The topological polar surface area (TPSA) is 49.3 Å². The highest BCUT2D eigenvalue weighted by molar-refractivity contribution is 8.04. The second kappa shape index (κ2) is 6.84. The number of rotatable bonds is 5. The number of phenols is 1. The zero-order chi connectivity index (χ0) is 14.5. The van der Waals surface area contributed by atoms with Gasteiger partial charge in [0.15, 0.2) is 0 Å². The quantitative estimate of drug-likeness (QED) is 0.817. The maximum absolute atomic E-state index is 11.6. The normalized spacial score (nSPS) is 16.7. The van der Waals surface area contributed by atoms with Gasteiger partial charge in [-0.3, -0.25) is 4.79 Å². The molecule has 1 fully saturated rings. The first-order chi connectivity index (χ1) is 9.65. The molecule has 4 heteroatoms. The lowest BCUT2D eigenvalue weighted by atomic mass is 9.98. The summed E-state index contributed by atoms with van der Waals surface area (Å²) in [5, 5.41) is 13.1. The van der Waals surface area contributed by atoms with Crippen molar-refractivity contribution in [3.63, 3.8) is 0 Å². The molecule has 0 bridgehead atoms. The average Bonchev–Trinajstić information content (AvgIpc) is 2.81. The Labute approximate surface area is 124 Å². The van der Waals surface area contributed by atoms with E-state index >= 15 is 0 Å². The van der Waals surface area contributed by atoms with Gasteiger partial charge < -0.3 is 10.4 Å². The van der Waals surface area contributed by atoms with Crippen LogP contribution in [-0.2, 0) is 17.6 Å². The molecule has 1 aliphatic heterocycles. The lowest BCUT2D eigenvalue weighted by Gasteiger charge is -2.11. The highest BCUT2D eigenvalue weighted by Gasteiger charge is 2.17. The summed E-state index contributed by atoms with van der Waals surface area (Å²) in [4.78, 5) is 12.4. The van der Waals surface area contributed by atoms with Crippen molar-refractivity contribution in [1.82, 2.24) is 5.32 Å². The zero-order valence-electron chi connectivity index (χ0n) is 12.0. The van der Waals surface area contributed by atoms with Gasteiger partial charge in [0.2, 0.25) is 0 Å². The molecule has 0 radical (unpaired) electrons. The van der Waals surface area contributed by atoms with E-state index in [2.05, 4.69) is 19.2 Å². The third-order valence-electron chi connectivity index (χ3n) is 3.31. The van der Waals surface area contributed by atoms with Crippen LogP contribution in [0.5, 0.6) is 5.75 Å². The summed E-state index contributed by atoms with van der Waals surface area (Å²) < 4.78 is 0. The van der Waals surface area contributed by atoms with Crippen molar-refractivity contribution in [2.75, 3.05) is 5.88 Å². The molecule has 2 N–H and O–H groups in total. The lowest BCUT2D eigenvalue weighted by Crippen LogP contribution is -2.13. The molecule has 0 aliphatic carbocycles. The summed E-state index contributed by atoms with van der Waals surface area (Å²) in [6.45, 7) is 4.20. The van der Waals surface area contributed by atoms with Crippen molar-refractivity contribution < 1.29 is 9.90 Å². The van der Waals surface area contributed by atoms with Crippen molar-refractivity contribution >= 4 is 23.7 Å². The molecule has 0 aromatic heterocycles. The van der Waals surface area contributed by atoms with Crippen LogP contribution in [0.1, 0.15) is 43.4 Å². The third kappa shape index (κ3) is 3.37.